The Balaban J connectivity index is 2.64. The van der Waals surface area contributed by atoms with Gasteiger partial charge in [-0.1, -0.05) is 30.3 Å². The summed E-state index contributed by atoms with van der Waals surface area (Å²) in [6, 6.07) is 9.11. The van der Waals surface area contributed by atoms with Crippen LogP contribution in [0.3, 0.4) is 0 Å². The number of ether oxygens (including phenoxy) is 2. The van der Waals surface area contributed by atoms with Gasteiger partial charge in [0.1, 0.15) is 18.4 Å². The molecule has 23 heavy (non-hydrogen) atoms. The van der Waals surface area contributed by atoms with Crippen LogP contribution in [0.15, 0.2) is 30.3 Å². The van der Waals surface area contributed by atoms with Crippen LogP contribution in [-0.2, 0) is 20.7 Å². The van der Waals surface area contributed by atoms with Gasteiger partial charge in [-0.05, 0) is 39.2 Å². The Morgan fingerprint density at radius 2 is 1.83 bits per heavy atom. The van der Waals surface area contributed by atoms with Crippen LogP contribution in [0, 0.1) is 0 Å². The molecule has 0 aliphatic carbocycles. The van der Waals surface area contributed by atoms with E-state index in [-0.39, 0.29) is 12.6 Å². The lowest BCUT2D eigenvalue weighted by atomic mass is 10.0. The molecule has 0 fully saturated rings. The number of aryl methyl sites for hydroxylation is 1. The van der Waals surface area contributed by atoms with Gasteiger partial charge in [-0.15, -0.1) is 0 Å². The molecule has 0 radical (unpaired) electrons. The van der Waals surface area contributed by atoms with Gasteiger partial charge in [-0.25, -0.2) is 4.79 Å². The molecule has 0 heterocycles. The number of carbonyl (C=O) groups is 2. The van der Waals surface area contributed by atoms with E-state index in [2.05, 4.69) is 10.6 Å². The highest BCUT2D eigenvalue weighted by atomic mass is 16.6. The largest absolute Gasteiger partial charge is 0.444 e. The summed E-state index contributed by atoms with van der Waals surface area (Å²) in [5, 5.41) is 5.23. The lowest BCUT2D eigenvalue weighted by Crippen LogP contribution is -2.48. The van der Waals surface area contributed by atoms with E-state index in [1.807, 2.05) is 30.3 Å². The minimum Gasteiger partial charge on any atom is -0.444 e. The minimum atomic E-state index is -0.680. The Morgan fingerprint density at radius 3 is 2.39 bits per heavy atom. The number of rotatable bonds is 7. The summed E-state index contributed by atoms with van der Waals surface area (Å²) in [5.74, 6) is -0.298. The smallest absolute Gasteiger partial charge is 0.408 e. The van der Waals surface area contributed by atoms with Crippen LogP contribution in [0.4, 0.5) is 4.79 Å². The van der Waals surface area contributed by atoms with E-state index in [1.54, 1.807) is 20.8 Å². The first-order chi connectivity index (χ1) is 10.8. The van der Waals surface area contributed by atoms with Gasteiger partial charge in [-0.3, -0.25) is 4.79 Å². The third-order valence-electron chi connectivity index (χ3n) is 2.96. The van der Waals surface area contributed by atoms with Crippen LogP contribution in [0.2, 0.25) is 0 Å². The molecule has 6 heteroatoms. The predicted molar refractivity (Wildman–Crippen MR) is 87.9 cm³/mol. The van der Waals surface area contributed by atoms with Gasteiger partial charge in [0.15, 0.2) is 0 Å². The number of methoxy groups -OCH3 is 1. The molecule has 1 unspecified atom stereocenters. The molecule has 1 atom stereocenters. The van der Waals surface area contributed by atoms with Crippen LogP contribution in [0.1, 0.15) is 32.8 Å². The summed E-state index contributed by atoms with van der Waals surface area (Å²) in [5.41, 5.74) is 0.486. The van der Waals surface area contributed by atoms with E-state index in [0.717, 1.165) is 5.56 Å². The number of hydrogen-bond acceptors (Lipinski definition) is 4. The lowest BCUT2D eigenvalue weighted by molar-refractivity contribution is -0.124. The second-order valence-electron chi connectivity index (χ2n) is 6.20. The lowest BCUT2D eigenvalue weighted by Gasteiger charge is -2.23. The van der Waals surface area contributed by atoms with E-state index in [9.17, 15) is 9.59 Å². The molecule has 0 saturated heterocycles. The molecular weight excluding hydrogens is 296 g/mol. The molecular formula is C17H26N2O4. The fourth-order valence-corrected chi connectivity index (χ4v) is 1.94. The Labute approximate surface area is 137 Å². The van der Waals surface area contributed by atoms with E-state index >= 15 is 0 Å². The van der Waals surface area contributed by atoms with Crippen molar-refractivity contribution in [3.63, 3.8) is 0 Å². The van der Waals surface area contributed by atoms with Crippen molar-refractivity contribution in [3.8, 4) is 0 Å². The van der Waals surface area contributed by atoms with Crippen molar-refractivity contribution in [3.05, 3.63) is 35.9 Å². The summed E-state index contributed by atoms with van der Waals surface area (Å²) >= 11 is 0. The number of benzene rings is 1. The number of hydrogen-bond donors (Lipinski definition) is 2. The third kappa shape index (κ3) is 8.21. The highest BCUT2D eigenvalue weighted by molar-refractivity contribution is 5.85. The summed E-state index contributed by atoms with van der Waals surface area (Å²) in [4.78, 5) is 24.1. The Bertz CT molecular complexity index is 497. The van der Waals surface area contributed by atoms with Gasteiger partial charge in [0, 0.05) is 7.11 Å². The summed E-state index contributed by atoms with van der Waals surface area (Å²) in [7, 11) is 1.49. The van der Waals surface area contributed by atoms with Crippen molar-refractivity contribution in [2.45, 2.75) is 45.3 Å². The van der Waals surface area contributed by atoms with Crippen molar-refractivity contribution in [1.82, 2.24) is 10.6 Å². The maximum Gasteiger partial charge on any atom is 0.408 e. The summed E-state index contributed by atoms with van der Waals surface area (Å²) in [6.07, 6.45) is 0.531. The molecule has 2 amide bonds. The van der Waals surface area contributed by atoms with Gasteiger partial charge in [0.2, 0.25) is 5.91 Å². The van der Waals surface area contributed by atoms with E-state index in [1.165, 1.54) is 7.11 Å². The molecule has 0 bridgehead atoms. The molecule has 0 saturated carbocycles. The molecule has 1 aromatic carbocycles. The third-order valence-corrected chi connectivity index (χ3v) is 2.96. The van der Waals surface area contributed by atoms with E-state index in [0.29, 0.717) is 12.8 Å². The fourth-order valence-electron chi connectivity index (χ4n) is 1.94. The van der Waals surface area contributed by atoms with Gasteiger partial charge in [-0.2, -0.15) is 0 Å². The number of alkyl carbamates (subject to hydrolysis) is 1. The Hall–Kier alpha value is -2.08. The van der Waals surface area contributed by atoms with E-state index in [4.69, 9.17) is 9.47 Å². The highest BCUT2D eigenvalue weighted by Gasteiger charge is 2.24. The van der Waals surface area contributed by atoms with Gasteiger partial charge >= 0.3 is 6.09 Å². The summed E-state index contributed by atoms with van der Waals surface area (Å²) < 4.78 is 10.0. The Kier molecular flexibility index (Phi) is 7.54. The average Bonchev–Trinajstić information content (AvgIpc) is 2.48. The minimum absolute atomic E-state index is 0.0939. The maximum atomic E-state index is 12.2. The maximum absolute atomic E-state index is 12.2. The zero-order chi connectivity index (χ0) is 17.3. The standard InChI is InChI=1S/C17H26N2O4/c1-17(2,3)23-16(21)19-14(15(20)18-12-22-4)11-10-13-8-6-5-7-9-13/h5-9,14H,10-12H2,1-4H3,(H,18,20)(H,19,21). The normalized spacial score (nSPS) is 12.3. The first kappa shape index (κ1) is 19.0. The average molecular weight is 322 g/mol. The number of carbonyl (C=O) groups excluding carboxylic acids is 2. The zero-order valence-electron chi connectivity index (χ0n) is 14.2. The first-order valence-electron chi connectivity index (χ1n) is 7.62. The van der Waals surface area contributed by atoms with Gasteiger partial charge < -0.3 is 20.1 Å². The van der Waals surface area contributed by atoms with Crippen molar-refractivity contribution >= 4 is 12.0 Å². The molecule has 0 spiro atoms. The molecule has 0 aromatic heterocycles. The van der Waals surface area contributed by atoms with Crippen LogP contribution < -0.4 is 10.6 Å². The first-order valence-corrected chi connectivity index (χ1v) is 7.62. The second-order valence-corrected chi connectivity index (χ2v) is 6.20. The van der Waals surface area contributed by atoms with Crippen molar-refractivity contribution in [1.29, 1.82) is 0 Å². The second kappa shape index (κ2) is 9.15. The van der Waals surface area contributed by atoms with Crippen LogP contribution in [-0.4, -0.2) is 37.5 Å². The molecule has 1 rings (SSSR count). The molecule has 0 aliphatic heterocycles. The topological polar surface area (TPSA) is 76.7 Å². The SMILES string of the molecule is COCNC(=O)C(CCc1ccccc1)NC(=O)OC(C)(C)C. The monoisotopic (exact) mass is 322 g/mol. The predicted octanol–water partition coefficient (Wildman–Crippen LogP) is 2.23. The molecule has 2 N–H and O–H groups in total. The number of nitrogens with one attached hydrogen (secondary N) is 2. The van der Waals surface area contributed by atoms with Crippen LogP contribution in [0.5, 0.6) is 0 Å². The van der Waals surface area contributed by atoms with Crippen LogP contribution in [0.25, 0.3) is 0 Å². The zero-order valence-corrected chi connectivity index (χ0v) is 14.2. The molecule has 1 aromatic rings. The van der Waals surface area contributed by atoms with Gasteiger partial charge in [0.25, 0.3) is 0 Å². The fraction of sp³-hybridized carbons (Fsp3) is 0.529. The van der Waals surface area contributed by atoms with E-state index < -0.39 is 17.7 Å². The van der Waals surface area contributed by atoms with Crippen molar-refractivity contribution in [2.75, 3.05) is 13.8 Å². The highest BCUT2D eigenvalue weighted by Crippen LogP contribution is 2.09. The molecule has 6 nitrogen and oxygen atoms in total. The van der Waals surface area contributed by atoms with Gasteiger partial charge in [0.05, 0.1) is 0 Å². The molecule has 0 aliphatic rings. The van der Waals surface area contributed by atoms with Crippen LogP contribution >= 0.6 is 0 Å². The quantitative estimate of drug-likeness (QED) is 0.755. The summed E-state index contributed by atoms with van der Waals surface area (Å²) in [6.45, 7) is 5.42. The Morgan fingerprint density at radius 1 is 1.17 bits per heavy atom. The number of amides is 2. The molecule has 128 valence electrons. The van der Waals surface area contributed by atoms with Crippen molar-refractivity contribution in [2.24, 2.45) is 0 Å². The van der Waals surface area contributed by atoms with Crippen molar-refractivity contribution < 1.29 is 19.1 Å².